The number of carboxylic acids is 1. The Kier molecular flexibility index (Phi) is 3.52. The van der Waals surface area contributed by atoms with Gasteiger partial charge in [0.05, 0.1) is 6.42 Å². The molecule has 1 N–H and O–H groups in total. The zero-order valence-electron chi connectivity index (χ0n) is 13.7. The van der Waals surface area contributed by atoms with Crippen LogP contribution in [0.3, 0.4) is 0 Å². The highest BCUT2D eigenvalue weighted by Gasteiger charge is 2.37. The van der Waals surface area contributed by atoms with Gasteiger partial charge in [0, 0.05) is 12.0 Å². The van der Waals surface area contributed by atoms with Gasteiger partial charge in [-0.25, -0.2) is 0 Å². The molecular formula is C21H20O3. The largest absolute Gasteiger partial charge is 0.481 e. The molecule has 24 heavy (non-hydrogen) atoms. The van der Waals surface area contributed by atoms with Crippen LogP contribution >= 0.6 is 0 Å². The first-order valence-electron chi connectivity index (χ1n) is 8.55. The summed E-state index contributed by atoms with van der Waals surface area (Å²) in [6.45, 7) is 2.23. The molecule has 2 aromatic rings. The third kappa shape index (κ3) is 2.27. The number of ketones is 1. The molecule has 2 atom stereocenters. The lowest BCUT2D eigenvalue weighted by atomic mass is 9.65. The van der Waals surface area contributed by atoms with Gasteiger partial charge < -0.3 is 5.11 Å². The molecule has 3 heteroatoms. The second kappa shape index (κ2) is 5.59. The lowest BCUT2D eigenvalue weighted by Crippen LogP contribution is -2.29. The summed E-state index contributed by atoms with van der Waals surface area (Å²) in [5.41, 5.74) is 3.90. The molecule has 2 aliphatic rings. The fourth-order valence-electron chi connectivity index (χ4n) is 4.50. The summed E-state index contributed by atoms with van der Waals surface area (Å²) in [5, 5.41) is 11.7. The van der Waals surface area contributed by atoms with Crippen molar-refractivity contribution in [2.75, 3.05) is 0 Å². The van der Waals surface area contributed by atoms with Crippen LogP contribution < -0.4 is 0 Å². The Labute approximate surface area is 141 Å². The average molecular weight is 320 g/mol. The van der Waals surface area contributed by atoms with Crippen LogP contribution in [-0.4, -0.2) is 16.9 Å². The van der Waals surface area contributed by atoms with Gasteiger partial charge in [-0.3, -0.25) is 9.59 Å². The van der Waals surface area contributed by atoms with Crippen molar-refractivity contribution in [3.63, 3.8) is 0 Å². The number of allylic oxidation sites excluding steroid dienone is 1. The lowest BCUT2D eigenvalue weighted by Gasteiger charge is -2.38. The molecule has 0 spiro atoms. The molecule has 2 unspecified atom stereocenters. The van der Waals surface area contributed by atoms with Gasteiger partial charge in [-0.15, -0.1) is 0 Å². The Morgan fingerprint density at radius 1 is 1.21 bits per heavy atom. The molecule has 0 saturated carbocycles. The molecule has 0 aromatic heterocycles. The van der Waals surface area contributed by atoms with E-state index in [4.69, 9.17) is 0 Å². The lowest BCUT2D eigenvalue weighted by molar-refractivity contribution is -0.137. The van der Waals surface area contributed by atoms with Crippen LogP contribution in [-0.2, 0) is 16.0 Å². The normalized spacial score (nSPS) is 23.1. The van der Waals surface area contributed by atoms with E-state index in [1.54, 1.807) is 0 Å². The minimum atomic E-state index is -0.924. The van der Waals surface area contributed by atoms with Crippen LogP contribution in [0.4, 0.5) is 0 Å². The Morgan fingerprint density at radius 2 is 2.00 bits per heavy atom. The average Bonchev–Trinajstić information content (AvgIpc) is 2.56. The van der Waals surface area contributed by atoms with Crippen molar-refractivity contribution in [2.24, 2.45) is 11.8 Å². The van der Waals surface area contributed by atoms with E-state index in [1.165, 1.54) is 16.3 Å². The number of rotatable bonds is 2. The van der Waals surface area contributed by atoms with Crippen molar-refractivity contribution >= 4 is 28.1 Å². The fourth-order valence-corrected chi connectivity index (χ4v) is 4.50. The molecule has 0 bridgehead atoms. The molecule has 4 rings (SSSR count). The number of hydrogen-bond acceptors (Lipinski definition) is 2. The second-order valence-electron chi connectivity index (χ2n) is 7.03. The summed E-state index contributed by atoms with van der Waals surface area (Å²) < 4.78 is 0. The third-order valence-electron chi connectivity index (χ3n) is 5.59. The molecule has 0 saturated heterocycles. The van der Waals surface area contributed by atoms with Crippen LogP contribution in [0.5, 0.6) is 0 Å². The number of Topliss-reactive ketones (excluding diaryl/α,β-unsaturated/α-hetero) is 1. The zero-order valence-corrected chi connectivity index (χ0v) is 13.7. The number of carboxylic acid groups (broad SMARTS) is 1. The summed E-state index contributed by atoms with van der Waals surface area (Å²) >= 11 is 0. The molecule has 122 valence electrons. The predicted molar refractivity (Wildman–Crippen MR) is 93.7 cm³/mol. The Morgan fingerprint density at radius 3 is 2.79 bits per heavy atom. The zero-order chi connectivity index (χ0) is 16.8. The number of fused-ring (bicyclic) bond motifs is 5. The summed E-state index contributed by atoms with van der Waals surface area (Å²) in [5.74, 6) is -0.190. The molecule has 0 aliphatic heterocycles. The van der Waals surface area contributed by atoms with Gasteiger partial charge in [0.1, 0.15) is 0 Å². The van der Waals surface area contributed by atoms with E-state index < -0.39 is 5.97 Å². The summed E-state index contributed by atoms with van der Waals surface area (Å²) in [6.07, 6.45) is 2.14. The summed E-state index contributed by atoms with van der Waals surface area (Å²) in [6, 6.07) is 12.5. The van der Waals surface area contributed by atoms with E-state index in [1.807, 2.05) is 12.1 Å². The van der Waals surface area contributed by atoms with Crippen LogP contribution in [0.2, 0.25) is 0 Å². The van der Waals surface area contributed by atoms with Crippen LogP contribution in [0, 0.1) is 11.8 Å². The maximum atomic E-state index is 12.4. The number of hydrogen-bond donors (Lipinski definition) is 1. The molecular weight excluding hydrogens is 300 g/mol. The van der Waals surface area contributed by atoms with Crippen molar-refractivity contribution in [1.29, 1.82) is 0 Å². The molecule has 0 amide bonds. The van der Waals surface area contributed by atoms with Crippen molar-refractivity contribution in [2.45, 2.75) is 32.6 Å². The summed E-state index contributed by atoms with van der Waals surface area (Å²) in [7, 11) is 0. The molecule has 0 fully saturated rings. The highest BCUT2D eigenvalue weighted by molar-refractivity contribution is 6.08. The second-order valence-corrected chi connectivity index (χ2v) is 7.03. The first-order chi connectivity index (χ1) is 11.6. The van der Waals surface area contributed by atoms with E-state index in [2.05, 4.69) is 31.2 Å². The molecule has 3 nitrogen and oxygen atoms in total. The molecule has 2 aliphatic carbocycles. The fraction of sp³-hybridized carbons (Fsp3) is 0.333. The standard InChI is InChI=1S/C21H20O3/c1-12-10-17-15-5-3-2-4-13(15)6-7-16(17)21-14(12)8-9-19(22)18(21)11-20(23)24/h2-7,12,14H,8-11H2,1H3,(H,23,24). The predicted octanol–water partition coefficient (Wildman–Crippen LogP) is 4.24. The minimum absolute atomic E-state index is 0.0110. The summed E-state index contributed by atoms with van der Waals surface area (Å²) in [4.78, 5) is 23.8. The number of aliphatic carboxylic acids is 1. The monoisotopic (exact) mass is 320 g/mol. The van der Waals surface area contributed by atoms with E-state index in [0.29, 0.717) is 23.8 Å². The minimum Gasteiger partial charge on any atom is -0.481 e. The van der Waals surface area contributed by atoms with Gasteiger partial charge in [0.2, 0.25) is 0 Å². The topological polar surface area (TPSA) is 54.4 Å². The van der Waals surface area contributed by atoms with E-state index in [0.717, 1.165) is 24.0 Å². The molecule has 0 heterocycles. The SMILES string of the molecule is CC1Cc2c(ccc3ccccc23)C2=C(CC(=O)O)C(=O)CCC21. The molecule has 2 aromatic carbocycles. The van der Waals surface area contributed by atoms with Crippen LogP contribution in [0.15, 0.2) is 42.0 Å². The maximum Gasteiger partial charge on any atom is 0.307 e. The highest BCUT2D eigenvalue weighted by Crippen LogP contribution is 2.48. The van der Waals surface area contributed by atoms with Gasteiger partial charge in [0.15, 0.2) is 5.78 Å². The van der Waals surface area contributed by atoms with E-state index in [-0.39, 0.29) is 12.2 Å². The van der Waals surface area contributed by atoms with Crippen molar-refractivity contribution < 1.29 is 14.7 Å². The van der Waals surface area contributed by atoms with Crippen molar-refractivity contribution in [3.8, 4) is 0 Å². The first-order valence-corrected chi connectivity index (χ1v) is 8.55. The van der Waals surface area contributed by atoms with Gasteiger partial charge in [0.25, 0.3) is 0 Å². The van der Waals surface area contributed by atoms with Crippen molar-refractivity contribution in [1.82, 2.24) is 0 Å². The van der Waals surface area contributed by atoms with Gasteiger partial charge in [-0.05, 0) is 52.1 Å². The van der Waals surface area contributed by atoms with Gasteiger partial charge in [-0.1, -0.05) is 43.3 Å². The van der Waals surface area contributed by atoms with Crippen LogP contribution in [0.25, 0.3) is 16.3 Å². The number of carbonyl (C=O) groups is 2. The van der Waals surface area contributed by atoms with E-state index in [9.17, 15) is 14.7 Å². The van der Waals surface area contributed by atoms with Gasteiger partial charge in [-0.2, -0.15) is 0 Å². The smallest absolute Gasteiger partial charge is 0.307 e. The third-order valence-corrected chi connectivity index (χ3v) is 5.59. The maximum absolute atomic E-state index is 12.4. The van der Waals surface area contributed by atoms with E-state index >= 15 is 0 Å². The first kappa shape index (κ1) is 15.1. The number of carbonyl (C=O) groups excluding carboxylic acids is 1. The van der Waals surface area contributed by atoms with Crippen molar-refractivity contribution in [3.05, 3.63) is 53.1 Å². The Bertz CT molecular complexity index is 891. The van der Waals surface area contributed by atoms with Crippen LogP contribution in [0.1, 0.15) is 37.3 Å². The highest BCUT2D eigenvalue weighted by atomic mass is 16.4. The number of benzene rings is 2. The van der Waals surface area contributed by atoms with Gasteiger partial charge >= 0.3 is 5.97 Å². The Balaban J connectivity index is 2.02. The molecule has 0 radical (unpaired) electrons. The Hall–Kier alpha value is -2.42. The quantitative estimate of drug-likeness (QED) is 0.900.